The zero-order valence-electron chi connectivity index (χ0n) is 12.9. The van der Waals surface area contributed by atoms with Crippen molar-refractivity contribution in [3.63, 3.8) is 0 Å². The molecule has 0 unspecified atom stereocenters. The molecule has 116 valence electrons. The molecule has 0 bridgehead atoms. The summed E-state index contributed by atoms with van der Waals surface area (Å²) < 4.78 is 0. The monoisotopic (exact) mass is 298 g/mol. The van der Waals surface area contributed by atoms with Gasteiger partial charge in [0.2, 0.25) is 5.95 Å². The zero-order chi connectivity index (χ0) is 15.2. The predicted octanol–water partition coefficient (Wildman–Crippen LogP) is 2.02. The Morgan fingerprint density at radius 3 is 2.50 bits per heavy atom. The summed E-state index contributed by atoms with van der Waals surface area (Å²) in [5.74, 6) is 1.52. The Kier molecular flexibility index (Phi) is 4.68. The number of rotatable bonds is 5. The van der Waals surface area contributed by atoms with E-state index < -0.39 is 0 Å². The van der Waals surface area contributed by atoms with Gasteiger partial charge in [-0.25, -0.2) is 0 Å². The van der Waals surface area contributed by atoms with E-state index in [9.17, 15) is 0 Å². The molecular formula is C16H22N6. The topological polar surface area (TPSA) is 57.2 Å². The number of aromatic nitrogens is 3. The third-order valence-electron chi connectivity index (χ3n) is 3.80. The number of hydrogen-bond acceptors (Lipinski definition) is 6. The summed E-state index contributed by atoms with van der Waals surface area (Å²) in [7, 11) is 0. The Bertz CT molecular complexity index is 580. The first kappa shape index (κ1) is 14.6. The van der Waals surface area contributed by atoms with Gasteiger partial charge in [0.15, 0.2) is 5.82 Å². The van der Waals surface area contributed by atoms with Crippen molar-refractivity contribution < 1.29 is 0 Å². The SMILES string of the molecule is CCCNc1nncc(N2CCN(c3ccccc3)CC2)n1. The molecule has 0 aliphatic carbocycles. The van der Waals surface area contributed by atoms with Gasteiger partial charge in [0, 0.05) is 38.4 Å². The highest BCUT2D eigenvalue weighted by Crippen LogP contribution is 2.18. The number of piperazine rings is 1. The van der Waals surface area contributed by atoms with Gasteiger partial charge in [-0.1, -0.05) is 25.1 Å². The zero-order valence-corrected chi connectivity index (χ0v) is 12.9. The van der Waals surface area contributed by atoms with E-state index in [2.05, 4.69) is 67.6 Å². The summed E-state index contributed by atoms with van der Waals surface area (Å²) in [6.45, 7) is 6.86. The fraction of sp³-hybridized carbons (Fsp3) is 0.438. The molecule has 0 radical (unpaired) electrons. The van der Waals surface area contributed by atoms with Gasteiger partial charge >= 0.3 is 0 Å². The summed E-state index contributed by atoms with van der Waals surface area (Å²) in [5.41, 5.74) is 1.29. The molecule has 1 aliphatic heterocycles. The fourth-order valence-electron chi connectivity index (χ4n) is 2.59. The second-order valence-electron chi connectivity index (χ2n) is 5.37. The first-order valence-corrected chi connectivity index (χ1v) is 7.85. The number of anilines is 3. The summed E-state index contributed by atoms with van der Waals surface area (Å²) in [5, 5.41) is 11.3. The van der Waals surface area contributed by atoms with E-state index in [1.807, 2.05) is 0 Å². The third kappa shape index (κ3) is 3.44. The van der Waals surface area contributed by atoms with Crippen molar-refractivity contribution in [1.82, 2.24) is 15.2 Å². The minimum absolute atomic E-state index is 0.616. The van der Waals surface area contributed by atoms with Crippen LogP contribution in [0.5, 0.6) is 0 Å². The molecule has 3 rings (SSSR count). The van der Waals surface area contributed by atoms with Crippen LogP contribution in [0.4, 0.5) is 17.5 Å². The van der Waals surface area contributed by atoms with Gasteiger partial charge in [0.25, 0.3) is 0 Å². The van der Waals surface area contributed by atoms with Crippen LogP contribution in [0.1, 0.15) is 13.3 Å². The van der Waals surface area contributed by atoms with Crippen LogP contribution >= 0.6 is 0 Å². The van der Waals surface area contributed by atoms with Crippen molar-refractivity contribution in [2.75, 3.05) is 47.8 Å². The lowest BCUT2D eigenvalue weighted by molar-refractivity contribution is 0.644. The van der Waals surface area contributed by atoms with Gasteiger partial charge in [-0.2, -0.15) is 10.1 Å². The molecular weight excluding hydrogens is 276 g/mol. The first-order chi connectivity index (χ1) is 10.9. The van der Waals surface area contributed by atoms with Gasteiger partial charge < -0.3 is 15.1 Å². The summed E-state index contributed by atoms with van der Waals surface area (Å²) in [4.78, 5) is 9.23. The molecule has 1 fully saturated rings. The largest absolute Gasteiger partial charge is 0.368 e. The van der Waals surface area contributed by atoms with Crippen LogP contribution in [0.3, 0.4) is 0 Å². The van der Waals surface area contributed by atoms with Crippen LogP contribution in [-0.2, 0) is 0 Å². The lowest BCUT2D eigenvalue weighted by Crippen LogP contribution is -2.46. The molecule has 0 atom stereocenters. The lowest BCUT2D eigenvalue weighted by atomic mass is 10.2. The van der Waals surface area contributed by atoms with E-state index in [1.54, 1.807) is 6.20 Å². The van der Waals surface area contributed by atoms with Gasteiger partial charge in [-0.05, 0) is 18.6 Å². The van der Waals surface area contributed by atoms with Crippen molar-refractivity contribution in [1.29, 1.82) is 0 Å². The van der Waals surface area contributed by atoms with Crippen molar-refractivity contribution >= 4 is 17.5 Å². The predicted molar refractivity (Wildman–Crippen MR) is 89.5 cm³/mol. The molecule has 1 aromatic heterocycles. The molecule has 6 heteroatoms. The normalized spacial score (nSPS) is 15.0. The van der Waals surface area contributed by atoms with Crippen molar-refractivity contribution in [3.8, 4) is 0 Å². The van der Waals surface area contributed by atoms with Gasteiger partial charge in [0.1, 0.15) is 0 Å². The second kappa shape index (κ2) is 7.06. The van der Waals surface area contributed by atoms with Crippen LogP contribution < -0.4 is 15.1 Å². The van der Waals surface area contributed by atoms with Crippen LogP contribution in [0.2, 0.25) is 0 Å². The molecule has 2 aromatic rings. The average molecular weight is 298 g/mol. The quantitative estimate of drug-likeness (QED) is 0.911. The molecule has 22 heavy (non-hydrogen) atoms. The van der Waals surface area contributed by atoms with Gasteiger partial charge in [-0.15, -0.1) is 5.10 Å². The van der Waals surface area contributed by atoms with Crippen LogP contribution in [-0.4, -0.2) is 47.9 Å². The Balaban J connectivity index is 1.61. The highest BCUT2D eigenvalue weighted by molar-refractivity contribution is 5.49. The van der Waals surface area contributed by atoms with Crippen molar-refractivity contribution in [2.45, 2.75) is 13.3 Å². The fourth-order valence-corrected chi connectivity index (χ4v) is 2.59. The Hall–Kier alpha value is -2.37. The van der Waals surface area contributed by atoms with E-state index >= 15 is 0 Å². The van der Waals surface area contributed by atoms with E-state index in [0.717, 1.165) is 45.0 Å². The Labute approximate surface area is 131 Å². The van der Waals surface area contributed by atoms with Gasteiger partial charge in [0.05, 0.1) is 6.20 Å². The molecule has 1 saturated heterocycles. The minimum atomic E-state index is 0.616. The summed E-state index contributed by atoms with van der Waals surface area (Å²) >= 11 is 0. The molecule has 0 amide bonds. The van der Waals surface area contributed by atoms with Gasteiger partial charge in [-0.3, -0.25) is 0 Å². The maximum atomic E-state index is 4.55. The first-order valence-electron chi connectivity index (χ1n) is 7.85. The number of nitrogens with one attached hydrogen (secondary N) is 1. The maximum Gasteiger partial charge on any atom is 0.244 e. The molecule has 1 N–H and O–H groups in total. The molecule has 2 heterocycles. The van der Waals surface area contributed by atoms with Crippen molar-refractivity contribution in [3.05, 3.63) is 36.5 Å². The number of benzene rings is 1. The Morgan fingerprint density at radius 2 is 1.77 bits per heavy atom. The average Bonchev–Trinajstić information content (AvgIpc) is 2.61. The Morgan fingerprint density at radius 1 is 1.05 bits per heavy atom. The standard InChI is InChI=1S/C16H22N6/c1-2-8-17-16-19-15(13-18-20-16)22-11-9-21(10-12-22)14-6-4-3-5-7-14/h3-7,13H,2,8-12H2,1H3,(H,17,19,20). The highest BCUT2D eigenvalue weighted by Gasteiger charge is 2.18. The minimum Gasteiger partial charge on any atom is -0.368 e. The lowest BCUT2D eigenvalue weighted by Gasteiger charge is -2.36. The van der Waals surface area contributed by atoms with E-state index in [1.165, 1.54) is 5.69 Å². The van der Waals surface area contributed by atoms with Crippen molar-refractivity contribution in [2.24, 2.45) is 0 Å². The number of para-hydroxylation sites is 1. The highest BCUT2D eigenvalue weighted by atomic mass is 15.3. The van der Waals surface area contributed by atoms with E-state index in [-0.39, 0.29) is 0 Å². The summed E-state index contributed by atoms with van der Waals surface area (Å²) in [6, 6.07) is 10.5. The molecule has 1 aliphatic rings. The number of nitrogens with zero attached hydrogens (tertiary/aromatic N) is 5. The van der Waals surface area contributed by atoms with Crippen LogP contribution in [0.25, 0.3) is 0 Å². The molecule has 1 aromatic carbocycles. The van der Waals surface area contributed by atoms with Crippen LogP contribution in [0, 0.1) is 0 Å². The van der Waals surface area contributed by atoms with E-state index in [0.29, 0.717) is 5.95 Å². The summed E-state index contributed by atoms with van der Waals surface area (Å²) in [6.07, 6.45) is 2.79. The van der Waals surface area contributed by atoms with Crippen LogP contribution in [0.15, 0.2) is 36.5 Å². The number of hydrogen-bond donors (Lipinski definition) is 1. The second-order valence-corrected chi connectivity index (χ2v) is 5.37. The van der Waals surface area contributed by atoms with E-state index in [4.69, 9.17) is 0 Å². The molecule has 6 nitrogen and oxygen atoms in total. The maximum absolute atomic E-state index is 4.55. The molecule has 0 spiro atoms. The third-order valence-corrected chi connectivity index (χ3v) is 3.80. The molecule has 0 saturated carbocycles. The smallest absolute Gasteiger partial charge is 0.244 e.